The highest BCUT2D eigenvalue weighted by Gasteiger charge is 2.37. The number of aliphatic carboxylic acids is 1. The Bertz CT molecular complexity index is 632. The number of alkyl carbamates (subject to hydrolysis) is 1. The van der Waals surface area contributed by atoms with Crippen LogP contribution in [0, 0.1) is 5.92 Å². The number of nitrogens with one attached hydrogen (secondary N) is 1. The van der Waals surface area contributed by atoms with Crippen molar-refractivity contribution >= 4 is 18.0 Å². The molecule has 2 rings (SSSR count). The minimum Gasteiger partial charge on any atom is -0.480 e. The number of amides is 2. The summed E-state index contributed by atoms with van der Waals surface area (Å²) >= 11 is 0. The number of hydrogen-bond acceptors (Lipinski definition) is 4. The minimum atomic E-state index is -1.01. The van der Waals surface area contributed by atoms with Crippen LogP contribution >= 0.6 is 0 Å². The number of rotatable bonds is 7. The molecule has 0 bridgehead atoms. The van der Waals surface area contributed by atoms with Crippen LogP contribution in [0.25, 0.3) is 0 Å². The van der Waals surface area contributed by atoms with Gasteiger partial charge in [0.2, 0.25) is 5.91 Å². The fourth-order valence-electron chi connectivity index (χ4n) is 3.09. The number of hydrogen-bond donors (Lipinski definition) is 2. The number of benzene rings is 1. The molecule has 1 aliphatic heterocycles. The largest absolute Gasteiger partial charge is 0.480 e. The van der Waals surface area contributed by atoms with E-state index < -0.39 is 24.1 Å². The summed E-state index contributed by atoms with van der Waals surface area (Å²) in [5.41, 5.74) is 0.847. The molecular weight excluding hydrogens is 336 g/mol. The second kappa shape index (κ2) is 9.22. The molecule has 0 aromatic heterocycles. The van der Waals surface area contributed by atoms with Crippen LogP contribution in [-0.4, -0.2) is 46.6 Å². The van der Waals surface area contributed by atoms with Gasteiger partial charge >= 0.3 is 12.1 Å². The molecule has 0 aliphatic carbocycles. The van der Waals surface area contributed by atoms with Gasteiger partial charge in [-0.25, -0.2) is 9.59 Å². The van der Waals surface area contributed by atoms with Crippen LogP contribution in [0.3, 0.4) is 0 Å². The monoisotopic (exact) mass is 362 g/mol. The maximum Gasteiger partial charge on any atom is 0.408 e. The molecule has 0 spiro atoms. The van der Waals surface area contributed by atoms with Crippen molar-refractivity contribution in [1.29, 1.82) is 0 Å². The standard InChI is InChI=1S/C19H26N2O5/c1-13(2)11-15(17(22)21-10-6-9-16(21)18(23)24)20-19(25)26-12-14-7-4-3-5-8-14/h3-5,7-8,13,15-16H,6,9-12H2,1-2H3,(H,20,25)(H,23,24)/t15-,16?/m0/s1. The number of carboxylic acids is 1. The van der Waals surface area contributed by atoms with Crippen LogP contribution in [-0.2, 0) is 20.9 Å². The lowest BCUT2D eigenvalue weighted by Gasteiger charge is -2.28. The Morgan fingerprint density at radius 2 is 1.96 bits per heavy atom. The maximum atomic E-state index is 12.8. The molecule has 0 saturated carbocycles. The molecule has 142 valence electrons. The molecule has 1 saturated heterocycles. The summed E-state index contributed by atoms with van der Waals surface area (Å²) in [7, 11) is 0. The van der Waals surface area contributed by atoms with Crippen molar-refractivity contribution in [3.8, 4) is 0 Å². The van der Waals surface area contributed by atoms with Gasteiger partial charge in [0, 0.05) is 6.54 Å². The van der Waals surface area contributed by atoms with Gasteiger partial charge < -0.3 is 20.1 Å². The number of carboxylic acid groups (broad SMARTS) is 1. The van der Waals surface area contributed by atoms with Crippen molar-refractivity contribution in [3.05, 3.63) is 35.9 Å². The highest BCUT2D eigenvalue weighted by Crippen LogP contribution is 2.20. The van der Waals surface area contributed by atoms with E-state index in [1.165, 1.54) is 4.90 Å². The average Bonchev–Trinajstić information content (AvgIpc) is 3.09. The highest BCUT2D eigenvalue weighted by molar-refractivity contribution is 5.89. The summed E-state index contributed by atoms with van der Waals surface area (Å²) in [4.78, 5) is 37.6. The van der Waals surface area contributed by atoms with E-state index >= 15 is 0 Å². The lowest BCUT2D eigenvalue weighted by Crippen LogP contribution is -2.52. The Hall–Kier alpha value is -2.57. The van der Waals surface area contributed by atoms with Crippen molar-refractivity contribution in [3.63, 3.8) is 0 Å². The van der Waals surface area contributed by atoms with Crippen LogP contribution in [0.2, 0.25) is 0 Å². The molecule has 26 heavy (non-hydrogen) atoms. The fraction of sp³-hybridized carbons (Fsp3) is 0.526. The topological polar surface area (TPSA) is 95.9 Å². The van der Waals surface area contributed by atoms with Gasteiger partial charge in [-0.3, -0.25) is 4.79 Å². The molecule has 2 atom stereocenters. The number of carbonyl (C=O) groups is 3. The molecule has 1 aromatic carbocycles. The third kappa shape index (κ3) is 5.47. The Kier molecular flexibility index (Phi) is 7.00. The molecule has 1 unspecified atom stereocenters. The molecule has 7 nitrogen and oxygen atoms in total. The van der Waals surface area contributed by atoms with Gasteiger partial charge in [-0.1, -0.05) is 44.2 Å². The maximum absolute atomic E-state index is 12.8. The average molecular weight is 362 g/mol. The molecule has 1 aliphatic rings. The molecular formula is C19H26N2O5. The van der Waals surface area contributed by atoms with E-state index in [2.05, 4.69) is 5.32 Å². The van der Waals surface area contributed by atoms with Crippen molar-refractivity contribution in [1.82, 2.24) is 10.2 Å². The van der Waals surface area contributed by atoms with E-state index in [4.69, 9.17) is 4.74 Å². The van der Waals surface area contributed by atoms with E-state index in [0.29, 0.717) is 25.8 Å². The van der Waals surface area contributed by atoms with Crippen molar-refractivity contribution in [2.24, 2.45) is 5.92 Å². The van der Waals surface area contributed by atoms with Gasteiger partial charge in [0.15, 0.2) is 0 Å². The smallest absolute Gasteiger partial charge is 0.408 e. The summed E-state index contributed by atoms with van der Waals surface area (Å²) < 4.78 is 5.19. The van der Waals surface area contributed by atoms with Crippen LogP contribution in [0.5, 0.6) is 0 Å². The van der Waals surface area contributed by atoms with Gasteiger partial charge in [0.25, 0.3) is 0 Å². The summed E-state index contributed by atoms with van der Waals surface area (Å²) in [5, 5.41) is 11.9. The van der Waals surface area contributed by atoms with Gasteiger partial charge in [0.05, 0.1) is 0 Å². The second-order valence-corrected chi connectivity index (χ2v) is 6.92. The van der Waals surface area contributed by atoms with Crippen molar-refractivity contribution in [2.45, 2.75) is 51.8 Å². The van der Waals surface area contributed by atoms with E-state index in [1.807, 2.05) is 44.2 Å². The molecule has 1 heterocycles. The van der Waals surface area contributed by atoms with E-state index in [1.54, 1.807) is 0 Å². The molecule has 1 aromatic rings. The molecule has 7 heteroatoms. The molecule has 2 N–H and O–H groups in total. The lowest BCUT2D eigenvalue weighted by atomic mass is 10.0. The Balaban J connectivity index is 1.98. The molecule has 2 amide bonds. The van der Waals surface area contributed by atoms with Gasteiger partial charge in [-0.05, 0) is 30.7 Å². The predicted molar refractivity (Wildman–Crippen MR) is 95.4 cm³/mol. The van der Waals surface area contributed by atoms with E-state index in [9.17, 15) is 19.5 Å². The van der Waals surface area contributed by atoms with Gasteiger partial charge in [-0.15, -0.1) is 0 Å². The second-order valence-electron chi connectivity index (χ2n) is 6.92. The van der Waals surface area contributed by atoms with Crippen LogP contribution in [0.4, 0.5) is 4.79 Å². The summed E-state index contributed by atoms with van der Waals surface area (Å²) in [6, 6.07) is 7.63. The quantitative estimate of drug-likeness (QED) is 0.776. The number of likely N-dealkylation sites (tertiary alicyclic amines) is 1. The summed E-state index contributed by atoms with van der Waals surface area (Å²) in [6.45, 7) is 4.38. The zero-order chi connectivity index (χ0) is 19.1. The first-order valence-electron chi connectivity index (χ1n) is 8.89. The summed E-state index contributed by atoms with van der Waals surface area (Å²) in [6.07, 6.45) is 0.824. The normalized spacial score (nSPS) is 17.8. The van der Waals surface area contributed by atoms with Gasteiger partial charge in [0.1, 0.15) is 18.7 Å². The Morgan fingerprint density at radius 1 is 1.27 bits per heavy atom. The Labute approximate surface area is 153 Å². The molecule has 0 radical (unpaired) electrons. The fourth-order valence-corrected chi connectivity index (χ4v) is 3.09. The zero-order valence-electron chi connectivity index (χ0n) is 15.2. The van der Waals surface area contributed by atoms with Gasteiger partial charge in [-0.2, -0.15) is 0 Å². The SMILES string of the molecule is CC(C)C[C@H](NC(=O)OCc1ccccc1)C(=O)N1CCCC1C(=O)O. The summed E-state index contributed by atoms with van der Waals surface area (Å²) in [5.74, 6) is -1.21. The Morgan fingerprint density at radius 3 is 2.58 bits per heavy atom. The predicted octanol–water partition coefficient (Wildman–Crippen LogP) is 2.40. The van der Waals surface area contributed by atoms with Crippen LogP contribution < -0.4 is 5.32 Å². The first-order chi connectivity index (χ1) is 12.4. The van der Waals surface area contributed by atoms with Crippen molar-refractivity contribution < 1.29 is 24.2 Å². The lowest BCUT2D eigenvalue weighted by molar-refractivity contribution is -0.149. The highest BCUT2D eigenvalue weighted by atomic mass is 16.5. The first kappa shape index (κ1) is 19.8. The number of ether oxygens (including phenoxy) is 1. The van der Waals surface area contributed by atoms with E-state index in [-0.39, 0.29) is 18.4 Å². The van der Waals surface area contributed by atoms with Crippen LogP contribution in [0.1, 0.15) is 38.7 Å². The zero-order valence-corrected chi connectivity index (χ0v) is 15.2. The number of nitrogens with zero attached hydrogens (tertiary/aromatic N) is 1. The first-order valence-corrected chi connectivity index (χ1v) is 8.89. The van der Waals surface area contributed by atoms with Crippen molar-refractivity contribution in [2.75, 3.05) is 6.54 Å². The third-order valence-electron chi connectivity index (χ3n) is 4.33. The van der Waals surface area contributed by atoms with Crippen LogP contribution in [0.15, 0.2) is 30.3 Å². The number of carbonyl (C=O) groups excluding carboxylic acids is 2. The minimum absolute atomic E-state index is 0.108. The molecule has 1 fully saturated rings. The third-order valence-corrected chi connectivity index (χ3v) is 4.33. The van der Waals surface area contributed by atoms with E-state index in [0.717, 1.165) is 5.56 Å².